The third-order valence-corrected chi connectivity index (χ3v) is 6.86. The highest BCUT2D eigenvalue weighted by Crippen LogP contribution is 2.65. The monoisotopic (exact) mass is 329 g/mol. The molecule has 0 aliphatic heterocycles. The highest BCUT2D eigenvalue weighted by Gasteiger charge is 2.61. The molecular formula is C17H23N5O2. The summed E-state index contributed by atoms with van der Waals surface area (Å²) in [6, 6.07) is 0.205. The molecule has 7 nitrogen and oxygen atoms in total. The Kier molecular flexibility index (Phi) is 3.14. The van der Waals surface area contributed by atoms with Gasteiger partial charge in [-0.25, -0.2) is 9.67 Å². The maximum absolute atomic E-state index is 12.5. The minimum absolute atomic E-state index is 0.0725. The summed E-state index contributed by atoms with van der Waals surface area (Å²) in [4.78, 5) is 30.9. The number of rotatable bonds is 3. The standard InChI is InChI=1S/C17H23N5O2/c1-16(2)10-4-5-17(16,3)12(6-10)21-13(23)8-22-14-11(7-20-22)15(24)19-9-18-14/h7,9-10,12H,4-6,8H2,1-3H3,(H,21,23)(H,18,19,24)/t10-,12+,17-/m0/s1. The lowest BCUT2D eigenvalue weighted by Gasteiger charge is -2.39. The van der Waals surface area contributed by atoms with E-state index in [1.807, 2.05) is 0 Å². The van der Waals surface area contributed by atoms with Crippen molar-refractivity contribution < 1.29 is 4.79 Å². The van der Waals surface area contributed by atoms with Crippen molar-refractivity contribution in [2.45, 2.75) is 52.6 Å². The molecule has 0 unspecified atom stereocenters. The predicted octanol–water partition coefficient (Wildman–Crippen LogP) is 1.45. The van der Waals surface area contributed by atoms with E-state index in [4.69, 9.17) is 0 Å². The zero-order valence-corrected chi connectivity index (χ0v) is 14.3. The molecule has 0 spiro atoms. The highest BCUT2D eigenvalue weighted by molar-refractivity contribution is 5.79. The van der Waals surface area contributed by atoms with Gasteiger partial charge in [0, 0.05) is 6.04 Å². The Bertz CT molecular complexity index is 867. The normalized spacial score (nSPS) is 30.8. The molecule has 128 valence electrons. The number of carbonyl (C=O) groups excluding carboxylic acids is 1. The van der Waals surface area contributed by atoms with Gasteiger partial charge in [-0.3, -0.25) is 9.59 Å². The molecule has 4 rings (SSSR count). The van der Waals surface area contributed by atoms with Gasteiger partial charge in [0.25, 0.3) is 5.56 Å². The summed E-state index contributed by atoms with van der Waals surface area (Å²) < 4.78 is 1.49. The number of hydrogen-bond donors (Lipinski definition) is 2. The van der Waals surface area contributed by atoms with Crippen LogP contribution in [0.1, 0.15) is 40.0 Å². The Morgan fingerprint density at radius 3 is 2.92 bits per heavy atom. The molecule has 2 saturated carbocycles. The Morgan fingerprint density at radius 2 is 2.25 bits per heavy atom. The minimum Gasteiger partial charge on any atom is -0.351 e. The Hall–Kier alpha value is -2.18. The second kappa shape index (κ2) is 4.91. The van der Waals surface area contributed by atoms with Crippen LogP contribution in [0.25, 0.3) is 11.0 Å². The van der Waals surface area contributed by atoms with Gasteiger partial charge in [-0.1, -0.05) is 20.8 Å². The average Bonchev–Trinajstić information content (AvgIpc) is 3.08. The van der Waals surface area contributed by atoms with Crippen LogP contribution in [0.4, 0.5) is 0 Å². The zero-order valence-electron chi connectivity index (χ0n) is 14.3. The number of hydrogen-bond acceptors (Lipinski definition) is 4. The number of carbonyl (C=O) groups is 1. The van der Waals surface area contributed by atoms with E-state index < -0.39 is 0 Å². The summed E-state index contributed by atoms with van der Waals surface area (Å²) in [7, 11) is 0. The summed E-state index contributed by atoms with van der Waals surface area (Å²) in [5.41, 5.74) is 0.606. The predicted molar refractivity (Wildman–Crippen MR) is 89.3 cm³/mol. The fourth-order valence-corrected chi connectivity index (χ4v) is 4.82. The van der Waals surface area contributed by atoms with Crippen LogP contribution in [0, 0.1) is 16.7 Å². The van der Waals surface area contributed by atoms with Crippen molar-refractivity contribution in [3.63, 3.8) is 0 Å². The maximum Gasteiger partial charge on any atom is 0.261 e. The molecule has 2 bridgehead atoms. The third-order valence-electron chi connectivity index (χ3n) is 6.86. The Labute approximate surface area is 139 Å². The van der Waals surface area contributed by atoms with E-state index in [1.165, 1.54) is 23.6 Å². The van der Waals surface area contributed by atoms with Crippen LogP contribution in [-0.4, -0.2) is 31.7 Å². The van der Waals surface area contributed by atoms with Crippen molar-refractivity contribution >= 4 is 16.9 Å². The van der Waals surface area contributed by atoms with E-state index in [0.717, 1.165) is 12.8 Å². The molecule has 24 heavy (non-hydrogen) atoms. The summed E-state index contributed by atoms with van der Waals surface area (Å²) >= 11 is 0. The number of aromatic nitrogens is 4. The molecule has 2 heterocycles. The van der Waals surface area contributed by atoms with Crippen molar-refractivity contribution in [1.82, 2.24) is 25.1 Å². The third kappa shape index (κ3) is 1.96. The largest absolute Gasteiger partial charge is 0.351 e. The first kappa shape index (κ1) is 15.4. The molecule has 0 saturated heterocycles. The van der Waals surface area contributed by atoms with E-state index in [2.05, 4.69) is 41.2 Å². The van der Waals surface area contributed by atoms with Crippen LogP contribution < -0.4 is 10.9 Å². The van der Waals surface area contributed by atoms with Crippen LogP contribution in [0.5, 0.6) is 0 Å². The molecule has 1 amide bonds. The van der Waals surface area contributed by atoms with Crippen LogP contribution >= 0.6 is 0 Å². The molecule has 0 aromatic carbocycles. The van der Waals surface area contributed by atoms with Crippen molar-refractivity contribution in [2.75, 3.05) is 0 Å². The summed E-state index contributed by atoms with van der Waals surface area (Å²) in [5.74, 6) is 0.607. The number of H-pyrrole nitrogens is 1. The highest BCUT2D eigenvalue weighted by atomic mass is 16.2. The van der Waals surface area contributed by atoms with Gasteiger partial charge in [-0.15, -0.1) is 0 Å². The number of amides is 1. The van der Waals surface area contributed by atoms with Crippen molar-refractivity contribution in [1.29, 1.82) is 0 Å². The van der Waals surface area contributed by atoms with E-state index in [9.17, 15) is 9.59 Å². The van der Waals surface area contributed by atoms with Gasteiger partial charge in [0.05, 0.1) is 12.5 Å². The summed E-state index contributed by atoms with van der Waals surface area (Å²) in [6.45, 7) is 7.04. The van der Waals surface area contributed by atoms with Crippen LogP contribution in [-0.2, 0) is 11.3 Å². The maximum atomic E-state index is 12.5. The van der Waals surface area contributed by atoms with Crippen molar-refractivity contribution in [2.24, 2.45) is 16.7 Å². The van der Waals surface area contributed by atoms with Crippen molar-refractivity contribution in [3.8, 4) is 0 Å². The first-order valence-corrected chi connectivity index (χ1v) is 8.51. The second-order valence-corrected chi connectivity index (χ2v) is 8.00. The molecular weight excluding hydrogens is 306 g/mol. The molecule has 2 aromatic heterocycles. The Morgan fingerprint density at radius 1 is 1.46 bits per heavy atom. The van der Waals surface area contributed by atoms with E-state index in [1.54, 1.807) is 0 Å². The van der Waals surface area contributed by atoms with Crippen LogP contribution in [0.15, 0.2) is 17.3 Å². The Balaban J connectivity index is 1.52. The summed E-state index contributed by atoms with van der Waals surface area (Å²) in [6.07, 6.45) is 6.26. The molecule has 2 fully saturated rings. The first-order chi connectivity index (χ1) is 11.3. The minimum atomic E-state index is -0.242. The van der Waals surface area contributed by atoms with Gasteiger partial charge >= 0.3 is 0 Å². The lowest BCUT2D eigenvalue weighted by atomic mass is 9.69. The van der Waals surface area contributed by atoms with E-state index >= 15 is 0 Å². The molecule has 2 aliphatic rings. The van der Waals surface area contributed by atoms with Gasteiger partial charge in [0.1, 0.15) is 11.9 Å². The quantitative estimate of drug-likeness (QED) is 0.891. The topological polar surface area (TPSA) is 92.7 Å². The van der Waals surface area contributed by atoms with E-state index in [0.29, 0.717) is 17.0 Å². The molecule has 2 aliphatic carbocycles. The van der Waals surface area contributed by atoms with Gasteiger partial charge in [-0.2, -0.15) is 5.10 Å². The fourth-order valence-electron chi connectivity index (χ4n) is 4.82. The molecule has 3 atom stereocenters. The average molecular weight is 329 g/mol. The molecule has 2 aromatic rings. The smallest absolute Gasteiger partial charge is 0.261 e. The second-order valence-electron chi connectivity index (χ2n) is 8.00. The number of aromatic amines is 1. The first-order valence-electron chi connectivity index (χ1n) is 8.51. The molecule has 7 heteroatoms. The fraction of sp³-hybridized carbons (Fsp3) is 0.647. The van der Waals surface area contributed by atoms with E-state index in [-0.39, 0.29) is 34.9 Å². The van der Waals surface area contributed by atoms with Crippen molar-refractivity contribution in [3.05, 3.63) is 22.9 Å². The number of fused-ring (bicyclic) bond motifs is 3. The molecule has 0 radical (unpaired) electrons. The van der Waals surface area contributed by atoms with Gasteiger partial charge in [0.2, 0.25) is 5.91 Å². The van der Waals surface area contributed by atoms with Crippen LogP contribution in [0.2, 0.25) is 0 Å². The number of nitrogens with one attached hydrogen (secondary N) is 2. The SMILES string of the molecule is CC1(C)[C@H]2CC[C@@]1(C)[C@H](NC(=O)Cn1ncc3c(=O)[nH]cnc31)C2. The lowest BCUT2D eigenvalue weighted by Crippen LogP contribution is -2.47. The van der Waals surface area contributed by atoms with Crippen LogP contribution in [0.3, 0.4) is 0 Å². The summed E-state index contributed by atoms with van der Waals surface area (Å²) in [5, 5.41) is 7.75. The molecule has 2 N–H and O–H groups in total. The number of nitrogens with zero attached hydrogens (tertiary/aromatic N) is 3. The lowest BCUT2D eigenvalue weighted by molar-refractivity contribution is -0.123. The van der Waals surface area contributed by atoms with Gasteiger partial charge in [-0.05, 0) is 36.0 Å². The van der Waals surface area contributed by atoms with Gasteiger partial charge < -0.3 is 10.3 Å². The zero-order chi connectivity index (χ0) is 17.1. The van der Waals surface area contributed by atoms with Gasteiger partial charge in [0.15, 0.2) is 5.65 Å².